The summed E-state index contributed by atoms with van der Waals surface area (Å²) in [5.41, 5.74) is 0. The molecule has 2 atom stereocenters. The third-order valence-corrected chi connectivity index (χ3v) is 1.91. The molecule has 1 aliphatic carbocycles. The molecule has 1 N–H and O–H groups in total. The molecule has 66 valence electrons. The highest BCUT2D eigenvalue weighted by Gasteiger charge is 2.15. The Balaban J connectivity index is 0.000000292. The number of hydrogen-bond acceptors (Lipinski definition) is 2. The van der Waals surface area contributed by atoms with E-state index in [0.717, 1.165) is 25.0 Å². The van der Waals surface area contributed by atoms with Crippen molar-refractivity contribution in [2.45, 2.75) is 45.6 Å². The number of rotatable bonds is 0. The highest BCUT2D eigenvalue weighted by molar-refractivity contribution is 5.44. The van der Waals surface area contributed by atoms with E-state index in [2.05, 4.69) is 6.92 Å². The number of carbonyl (C=O) groups excluding carboxylic acids is 1. The second-order valence-electron chi connectivity index (χ2n) is 3.16. The normalized spacial score (nSPS) is 30.1. The molecule has 1 fully saturated rings. The van der Waals surface area contributed by atoms with Gasteiger partial charge < -0.3 is 9.90 Å². The molecule has 1 saturated carbocycles. The smallest absolute Gasteiger partial charge is 0.116 e. The highest BCUT2D eigenvalue weighted by Crippen LogP contribution is 2.22. The molecule has 1 rings (SSSR count). The Kier molecular flexibility index (Phi) is 6.13. The fourth-order valence-electron chi connectivity index (χ4n) is 1.40. The number of aliphatic hydroxyl groups excluding tert-OH is 1. The maximum absolute atomic E-state index is 9.08. The second kappa shape index (κ2) is 6.35. The van der Waals surface area contributed by atoms with Gasteiger partial charge in [-0.3, -0.25) is 0 Å². The van der Waals surface area contributed by atoms with Crippen LogP contribution >= 0.6 is 0 Å². The van der Waals surface area contributed by atoms with Gasteiger partial charge in [-0.1, -0.05) is 19.8 Å². The van der Waals surface area contributed by atoms with Crippen molar-refractivity contribution in [2.24, 2.45) is 5.92 Å². The third kappa shape index (κ3) is 6.05. The van der Waals surface area contributed by atoms with Gasteiger partial charge in [-0.25, -0.2) is 0 Å². The molecular weight excluding hydrogens is 140 g/mol. The van der Waals surface area contributed by atoms with Gasteiger partial charge in [0.1, 0.15) is 6.29 Å². The molecule has 0 saturated heterocycles. The molecular formula is C9H18O2. The minimum absolute atomic E-state index is 0.0127. The zero-order valence-corrected chi connectivity index (χ0v) is 7.42. The lowest BCUT2D eigenvalue weighted by Crippen LogP contribution is -2.16. The van der Waals surface area contributed by atoms with Gasteiger partial charge in [0.25, 0.3) is 0 Å². The molecule has 0 spiro atoms. The average molecular weight is 158 g/mol. The number of carbonyl (C=O) groups is 1. The van der Waals surface area contributed by atoms with Gasteiger partial charge in [0.2, 0.25) is 0 Å². The van der Waals surface area contributed by atoms with Gasteiger partial charge in [0.05, 0.1) is 6.10 Å². The quantitative estimate of drug-likeness (QED) is 0.545. The molecule has 0 aromatic heterocycles. The minimum atomic E-state index is 0.0127. The van der Waals surface area contributed by atoms with E-state index in [0.29, 0.717) is 0 Å². The van der Waals surface area contributed by atoms with Gasteiger partial charge in [-0.15, -0.1) is 0 Å². The van der Waals surface area contributed by atoms with Crippen LogP contribution in [0.3, 0.4) is 0 Å². The highest BCUT2D eigenvalue weighted by atomic mass is 16.3. The Labute approximate surface area is 68.6 Å². The van der Waals surface area contributed by atoms with Crippen LogP contribution in [0, 0.1) is 5.92 Å². The molecule has 0 amide bonds. The molecule has 0 heterocycles. The fourth-order valence-corrected chi connectivity index (χ4v) is 1.40. The third-order valence-electron chi connectivity index (χ3n) is 1.91. The summed E-state index contributed by atoms with van der Waals surface area (Å²) in [5.74, 6) is 0.763. The molecule has 0 aromatic carbocycles. The second-order valence-corrected chi connectivity index (χ2v) is 3.16. The van der Waals surface area contributed by atoms with Crippen LogP contribution in [0.2, 0.25) is 0 Å². The monoisotopic (exact) mass is 158 g/mol. The summed E-state index contributed by atoms with van der Waals surface area (Å²) in [4.78, 5) is 8.81. The van der Waals surface area contributed by atoms with Crippen LogP contribution in [0.25, 0.3) is 0 Å². The van der Waals surface area contributed by atoms with E-state index in [1.165, 1.54) is 19.8 Å². The van der Waals surface area contributed by atoms with Crippen LogP contribution in [0.5, 0.6) is 0 Å². The fraction of sp³-hybridized carbons (Fsp3) is 0.889. The van der Waals surface area contributed by atoms with Crippen molar-refractivity contribution in [2.75, 3.05) is 0 Å². The topological polar surface area (TPSA) is 37.3 Å². The van der Waals surface area contributed by atoms with E-state index in [4.69, 9.17) is 9.90 Å². The SMILES string of the molecule is CC1CCCC(O)C1.CC=O. The van der Waals surface area contributed by atoms with E-state index in [1.807, 2.05) is 0 Å². The van der Waals surface area contributed by atoms with Crippen molar-refractivity contribution in [3.63, 3.8) is 0 Å². The van der Waals surface area contributed by atoms with Gasteiger partial charge in [0.15, 0.2) is 0 Å². The predicted octanol–water partition coefficient (Wildman–Crippen LogP) is 1.76. The summed E-state index contributed by atoms with van der Waals surface area (Å²) >= 11 is 0. The van der Waals surface area contributed by atoms with Gasteiger partial charge in [-0.05, 0) is 25.7 Å². The number of hydrogen-bond donors (Lipinski definition) is 1. The molecule has 11 heavy (non-hydrogen) atoms. The van der Waals surface area contributed by atoms with Crippen LogP contribution in [0.1, 0.15) is 39.5 Å². The first-order chi connectivity index (χ1) is 5.20. The Hall–Kier alpha value is -0.370. The van der Waals surface area contributed by atoms with Crippen molar-refractivity contribution >= 4 is 6.29 Å². The molecule has 1 aliphatic rings. The van der Waals surface area contributed by atoms with Crippen molar-refractivity contribution in [1.29, 1.82) is 0 Å². The summed E-state index contributed by atoms with van der Waals surface area (Å²) in [7, 11) is 0. The Bertz CT molecular complexity index is 93.7. The molecule has 2 nitrogen and oxygen atoms in total. The summed E-state index contributed by atoms with van der Waals surface area (Å²) < 4.78 is 0. The van der Waals surface area contributed by atoms with Crippen molar-refractivity contribution < 1.29 is 9.90 Å². The summed E-state index contributed by atoms with van der Waals surface area (Å²) in [6, 6.07) is 0. The maximum Gasteiger partial charge on any atom is 0.116 e. The standard InChI is InChI=1S/C7H14O.C2H4O/c1-6-3-2-4-7(8)5-6;1-2-3/h6-8H,2-5H2,1H3;2H,1H3. The van der Waals surface area contributed by atoms with Gasteiger partial charge in [0, 0.05) is 0 Å². The van der Waals surface area contributed by atoms with Gasteiger partial charge in [-0.2, -0.15) is 0 Å². The zero-order chi connectivity index (χ0) is 8.69. The molecule has 2 heteroatoms. The van der Waals surface area contributed by atoms with Crippen LogP contribution in [-0.2, 0) is 4.79 Å². The van der Waals surface area contributed by atoms with Crippen molar-refractivity contribution in [1.82, 2.24) is 0 Å². The van der Waals surface area contributed by atoms with Crippen LogP contribution < -0.4 is 0 Å². The van der Waals surface area contributed by atoms with E-state index < -0.39 is 0 Å². The molecule has 0 aromatic rings. The minimum Gasteiger partial charge on any atom is -0.393 e. The van der Waals surface area contributed by atoms with Gasteiger partial charge >= 0.3 is 0 Å². The summed E-state index contributed by atoms with van der Waals surface area (Å²) in [6.07, 6.45) is 5.36. The lowest BCUT2D eigenvalue weighted by atomic mass is 9.89. The van der Waals surface area contributed by atoms with Crippen molar-refractivity contribution in [3.8, 4) is 0 Å². The molecule has 0 radical (unpaired) electrons. The summed E-state index contributed by atoms with van der Waals surface area (Å²) in [5, 5.41) is 9.08. The van der Waals surface area contributed by atoms with E-state index in [1.54, 1.807) is 0 Å². The predicted molar refractivity (Wildman–Crippen MR) is 45.4 cm³/mol. The van der Waals surface area contributed by atoms with Crippen LogP contribution in [-0.4, -0.2) is 17.5 Å². The first-order valence-corrected chi connectivity index (χ1v) is 4.28. The average Bonchev–Trinajstić information content (AvgIpc) is 1.88. The number of aliphatic hydroxyl groups is 1. The summed E-state index contributed by atoms with van der Waals surface area (Å²) in [6.45, 7) is 3.66. The largest absolute Gasteiger partial charge is 0.393 e. The maximum atomic E-state index is 9.08. The van der Waals surface area contributed by atoms with E-state index >= 15 is 0 Å². The Morgan fingerprint density at radius 2 is 2.00 bits per heavy atom. The zero-order valence-electron chi connectivity index (χ0n) is 7.42. The Morgan fingerprint density at radius 1 is 1.45 bits per heavy atom. The van der Waals surface area contributed by atoms with Crippen molar-refractivity contribution in [3.05, 3.63) is 0 Å². The first-order valence-electron chi connectivity index (χ1n) is 4.28. The lowest BCUT2D eigenvalue weighted by Gasteiger charge is -2.21. The molecule has 0 aliphatic heterocycles. The lowest BCUT2D eigenvalue weighted by molar-refractivity contribution is -0.106. The van der Waals surface area contributed by atoms with Crippen LogP contribution in [0.4, 0.5) is 0 Å². The van der Waals surface area contributed by atoms with E-state index in [9.17, 15) is 0 Å². The Morgan fingerprint density at radius 3 is 2.27 bits per heavy atom. The molecule has 0 bridgehead atoms. The number of aldehydes is 1. The molecule has 2 unspecified atom stereocenters. The first kappa shape index (κ1) is 10.6. The van der Waals surface area contributed by atoms with E-state index in [-0.39, 0.29) is 6.10 Å². The van der Waals surface area contributed by atoms with Crippen LogP contribution in [0.15, 0.2) is 0 Å².